The summed E-state index contributed by atoms with van der Waals surface area (Å²) in [5.74, 6) is -8.99. The van der Waals surface area contributed by atoms with Crippen LogP contribution in [-0.2, 0) is 36.9 Å². The number of amides is 5. The number of hydrogen-bond donors (Lipinski definition) is 6. The van der Waals surface area contributed by atoms with Gasteiger partial charge in [0.2, 0.25) is 23.6 Å². The molecule has 5 amide bonds. The minimum Gasteiger partial charge on any atom is -0.444 e. The molecular formula is C37H52F4N6O7. The third-order valence-electron chi connectivity index (χ3n) is 8.15. The first-order valence-corrected chi connectivity index (χ1v) is 17.5. The highest BCUT2D eigenvalue weighted by atomic mass is 19.3. The number of aliphatic hydroxyl groups is 1. The smallest absolute Gasteiger partial charge is 0.408 e. The van der Waals surface area contributed by atoms with Crippen molar-refractivity contribution in [3.63, 3.8) is 0 Å². The highest BCUT2D eigenvalue weighted by molar-refractivity contribution is 5.91. The molecule has 17 heteroatoms. The Morgan fingerprint density at radius 2 is 1.41 bits per heavy atom. The van der Waals surface area contributed by atoms with E-state index in [2.05, 4.69) is 26.3 Å². The molecular weight excluding hydrogens is 716 g/mol. The van der Waals surface area contributed by atoms with Crippen molar-refractivity contribution in [2.45, 2.75) is 122 Å². The Morgan fingerprint density at radius 3 is 1.96 bits per heavy atom. The molecule has 1 aromatic heterocycles. The van der Waals surface area contributed by atoms with Crippen LogP contribution >= 0.6 is 0 Å². The standard InChI is InChI=1S/C37H52F4N6O7/c1-21(2)29(33(52)43-20-25-13-15-42-16-14-25)47-30(49)22(3)17-28(48)26(18-24-11-9-8-10-12-24)45-31(50)23(4)44-32(51)27(19-37(40,41)34(38)39)46-35(53)54-36(5,6)7/h8-16,21-23,26-29,34,48H,17-20H2,1-7H3,(H,43,52)(H,44,51)(H,45,50)(H,46,53)(H,47,49)/t22-,23+,26+,27+,28+,29+/m1/s1. The summed E-state index contributed by atoms with van der Waals surface area (Å²) in [5.41, 5.74) is 0.397. The number of hydrogen-bond acceptors (Lipinski definition) is 8. The third-order valence-corrected chi connectivity index (χ3v) is 8.15. The summed E-state index contributed by atoms with van der Waals surface area (Å²) in [6, 6.07) is 6.57. The Labute approximate surface area is 312 Å². The van der Waals surface area contributed by atoms with E-state index in [4.69, 9.17) is 4.74 Å². The Morgan fingerprint density at radius 1 is 0.796 bits per heavy atom. The molecule has 2 rings (SSSR count). The van der Waals surface area contributed by atoms with E-state index in [9.17, 15) is 46.6 Å². The van der Waals surface area contributed by atoms with E-state index in [0.29, 0.717) is 5.56 Å². The predicted octanol–water partition coefficient (Wildman–Crippen LogP) is 3.64. The number of carbonyl (C=O) groups excluding carboxylic acids is 5. The van der Waals surface area contributed by atoms with E-state index in [1.165, 1.54) is 27.7 Å². The number of benzene rings is 1. The molecule has 0 bridgehead atoms. The minimum atomic E-state index is -4.67. The van der Waals surface area contributed by atoms with Crippen LogP contribution < -0.4 is 26.6 Å². The molecule has 0 saturated carbocycles. The van der Waals surface area contributed by atoms with Crippen LogP contribution in [0.4, 0.5) is 22.4 Å². The van der Waals surface area contributed by atoms with Crippen LogP contribution in [0.25, 0.3) is 0 Å². The van der Waals surface area contributed by atoms with Crippen LogP contribution in [0.15, 0.2) is 54.9 Å². The molecule has 0 unspecified atom stereocenters. The largest absolute Gasteiger partial charge is 0.444 e. The Kier molecular flexibility index (Phi) is 17.3. The van der Waals surface area contributed by atoms with Gasteiger partial charge in [-0.15, -0.1) is 0 Å². The van der Waals surface area contributed by atoms with E-state index in [-0.39, 0.29) is 25.3 Å². The molecule has 2 aromatic rings. The van der Waals surface area contributed by atoms with Crippen LogP contribution in [0.3, 0.4) is 0 Å². The van der Waals surface area contributed by atoms with Crippen molar-refractivity contribution in [3.05, 3.63) is 66.0 Å². The first kappa shape index (κ1) is 45.4. The van der Waals surface area contributed by atoms with Gasteiger partial charge in [0.05, 0.1) is 12.1 Å². The van der Waals surface area contributed by atoms with Gasteiger partial charge in [-0.05, 0) is 69.7 Å². The van der Waals surface area contributed by atoms with Gasteiger partial charge in [-0.2, -0.15) is 0 Å². The lowest BCUT2D eigenvalue weighted by Crippen LogP contribution is -2.57. The number of aliphatic hydroxyl groups excluding tert-OH is 1. The molecule has 0 aliphatic heterocycles. The van der Waals surface area contributed by atoms with E-state index >= 15 is 0 Å². The molecule has 0 aliphatic carbocycles. The highest BCUT2D eigenvalue weighted by Crippen LogP contribution is 2.28. The molecule has 0 radical (unpaired) electrons. The van der Waals surface area contributed by atoms with Crippen LogP contribution in [0.5, 0.6) is 0 Å². The minimum absolute atomic E-state index is 0.0677. The Bertz CT molecular complexity index is 1530. The maximum Gasteiger partial charge on any atom is 0.408 e. The number of ether oxygens (including phenoxy) is 1. The molecule has 300 valence electrons. The number of alkyl carbamates (subject to hydrolysis) is 1. The van der Waals surface area contributed by atoms with Gasteiger partial charge in [-0.25, -0.2) is 22.4 Å². The summed E-state index contributed by atoms with van der Waals surface area (Å²) in [6.07, 6.45) is -5.52. The van der Waals surface area contributed by atoms with Gasteiger partial charge in [0.25, 0.3) is 0 Å². The Hall–Kier alpha value is -4.80. The number of halogens is 4. The summed E-state index contributed by atoms with van der Waals surface area (Å²) < 4.78 is 59.1. The summed E-state index contributed by atoms with van der Waals surface area (Å²) >= 11 is 0. The van der Waals surface area contributed by atoms with Crippen molar-refractivity contribution >= 4 is 29.7 Å². The predicted molar refractivity (Wildman–Crippen MR) is 191 cm³/mol. The monoisotopic (exact) mass is 768 g/mol. The lowest BCUT2D eigenvalue weighted by Gasteiger charge is -2.29. The molecule has 54 heavy (non-hydrogen) atoms. The molecule has 0 aliphatic rings. The number of alkyl halides is 4. The van der Waals surface area contributed by atoms with Gasteiger partial charge in [-0.3, -0.25) is 24.2 Å². The normalized spacial score (nSPS) is 15.2. The number of pyridine rings is 1. The van der Waals surface area contributed by atoms with E-state index < -0.39 is 90.3 Å². The van der Waals surface area contributed by atoms with E-state index in [1.54, 1.807) is 75.6 Å². The number of aromatic nitrogens is 1. The van der Waals surface area contributed by atoms with Crippen molar-refractivity contribution in [1.82, 2.24) is 31.6 Å². The van der Waals surface area contributed by atoms with Gasteiger partial charge in [0, 0.05) is 31.3 Å². The first-order valence-electron chi connectivity index (χ1n) is 17.5. The average Bonchev–Trinajstić information content (AvgIpc) is 3.08. The number of nitrogens with one attached hydrogen (secondary N) is 5. The van der Waals surface area contributed by atoms with Gasteiger partial charge in [0.1, 0.15) is 23.7 Å². The fraction of sp³-hybridized carbons (Fsp3) is 0.568. The molecule has 0 fully saturated rings. The summed E-state index contributed by atoms with van der Waals surface area (Å²) in [7, 11) is 0. The number of carbonyl (C=O) groups is 5. The maximum absolute atomic E-state index is 14.0. The summed E-state index contributed by atoms with van der Waals surface area (Å²) in [5, 5.41) is 23.5. The number of nitrogens with zero attached hydrogens (tertiary/aromatic N) is 1. The van der Waals surface area contributed by atoms with Crippen molar-refractivity contribution in [2.24, 2.45) is 11.8 Å². The second kappa shape index (κ2) is 20.6. The topological polar surface area (TPSA) is 188 Å². The van der Waals surface area contributed by atoms with Crippen molar-refractivity contribution in [3.8, 4) is 0 Å². The maximum atomic E-state index is 14.0. The second-order valence-electron chi connectivity index (χ2n) is 14.5. The lowest BCUT2D eigenvalue weighted by atomic mass is 9.92. The highest BCUT2D eigenvalue weighted by Gasteiger charge is 2.45. The van der Waals surface area contributed by atoms with Crippen molar-refractivity contribution in [2.75, 3.05) is 0 Å². The molecule has 1 aromatic carbocycles. The molecule has 6 atom stereocenters. The van der Waals surface area contributed by atoms with Gasteiger partial charge in [0.15, 0.2) is 0 Å². The molecule has 0 saturated heterocycles. The molecule has 13 nitrogen and oxygen atoms in total. The SMILES string of the molecule is CC(C)[C@H](NC(=O)[C@H](C)C[C@H](O)[C@H](Cc1ccccc1)NC(=O)[C@H](C)NC(=O)[C@H](CC(F)(F)C(F)F)NC(=O)OC(C)(C)C)C(=O)NCc1ccncc1. The first-order chi connectivity index (χ1) is 25.1. The van der Waals surface area contributed by atoms with Gasteiger partial charge >= 0.3 is 18.4 Å². The van der Waals surface area contributed by atoms with Crippen molar-refractivity contribution < 1.29 is 51.4 Å². The van der Waals surface area contributed by atoms with Crippen LogP contribution in [0.1, 0.15) is 72.4 Å². The fourth-order valence-electron chi connectivity index (χ4n) is 5.12. The molecule has 1 heterocycles. The lowest BCUT2D eigenvalue weighted by molar-refractivity contribution is -0.146. The number of rotatable bonds is 19. The third kappa shape index (κ3) is 15.7. The fourth-order valence-corrected chi connectivity index (χ4v) is 5.12. The quantitative estimate of drug-likeness (QED) is 0.117. The summed E-state index contributed by atoms with van der Waals surface area (Å²) in [6.45, 7) is 10.9. The molecule has 0 spiro atoms. The van der Waals surface area contributed by atoms with E-state index in [0.717, 1.165) is 5.56 Å². The zero-order valence-corrected chi connectivity index (χ0v) is 31.5. The molecule has 6 N–H and O–H groups in total. The van der Waals surface area contributed by atoms with Gasteiger partial charge in [-0.1, -0.05) is 51.1 Å². The average molecular weight is 769 g/mol. The van der Waals surface area contributed by atoms with Crippen LogP contribution in [0, 0.1) is 11.8 Å². The van der Waals surface area contributed by atoms with Gasteiger partial charge < -0.3 is 36.4 Å². The van der Waals surface area contributed by atoms with E-state index in [1.807, 2.05) is 5.32 Å². The van der Waals surface area contributed by atoms with Crippen molar-refractivity contribution in [1.29, 1.82) is 0 Å². The van der Waals surface area contributed by atoms with Crippen LogP contribution in [0.2, 0.25) is 0 Å². The zero-order chi connectivity index (χ0) is 40.8. The second-order valence-corrected chi connectivity index (χ2v) is 14.5. The zero-order valence-electron chi connectivity index (χ0n) is 31.5. The summed E-state index contributed by atoms with van der Waals surface area (Å²) in [4.78, 5) is 68.9. The Balaban J connectivity index is 2.16. The van der Waals surface area contributed by atoms with Crippen LogP contribution in [-0.4, -0.2) is 88.0 Å².